The van der Waals surface area contributed by atoms with E-state index in [0.717, 1.165) is 58.7 Å². The Balaban J connectivity index is 1.53. The largest absolute Gasteiger partial charge is 0.369 e. The first kappa shape index (κ1) is 16.2. The van der Waals surface area contributed by atoms with Crippen LogP contribution in [0.15, 0.2) is 24.3 Å². The second kappa shape index (κ2) is 7.30. The van der Waals surface area contributed by atoms with Gasteiger partial charge in [0.25, 0.3) is 0 Å². The van der Waals surface area contributed by atoms with Crippen molar-refractivity contribution in [1.82, 2.24) is 9.80 Å². The molecule has 2 heterocycles. The fourth-order valence-corrected chi connectivity index (χ4v) is 3.62. The van der Waals surface area contributed by atoms with Gasteiger partial charge in [-0.05, 0) is 31.5 Å². The van der Waals surface area contributed by atoms with Crippen molar-refractivity contribution in [3.05, 3.63) is 30.1 Å². The molecule has 2 saturated heterocycles. The van der Waals surface area contributed by atoms with Crippen molar-refractivity contribution in [2.45, 2.75) is 19.8 Å². The first-order chi connectivity index (χ1) is 11.2. The average molecular weight is 319 g/mol. The molecule has 2 fully saturated rings. The van der Waals surface area contributed by atoms with E-state index in [1.54, 1.807) is 6.07 Å². The molecule has 2 aliphatic heterocycles. The third-order valence-electron chi connectivity index (χ3n) is 5.17. The Morgan fingerprint density at radius 1 is 1.09 bits per heavy atom. The van der Waals surface area contributed by atoms with E-state index >= 15 is 0 Å². The number of likely N-dealkylation sites (N-methyl/N-ethyl adjacent to an activating group) is 1. The van der Waals surface area contributed by atoms with Crippen LogP contribution < -0.4 is 4.90 Å². The molecule has 0 atom stereocenters. The Hall–Kier alpha value is -1.62. The smallest absolute Gasteiger partial charge is 0.225 e. The molecule has 1 amide bonds. The molecule has 0 aromatic heterocycles. The Labute approximate surface area is 137 Å². The summed E-state index contributed by atoms with van der Waals surface area (Å²) in [5.41, 5.74) is 0.662. The van der Waals surface area contributed by atoms with Crippen LogP contribution in [-0.4, -0.2) is 61.5 Å². The van der Waals surface area contributed by atoms with E-state index in [1.807, 2.05) is 17.0 Å². The van der Waals surface area contributed by atoms with E-state index in [2.05, 4.69) is 16.7 Å². The molecule has 0 saturated carbocycles. The summed E-state index contributed by atoms with van der Waals surface area (Å²) in [4.78, 5) is 19.1. The van der Waals surface area contributed by atoms with Gasteiger partial charge in [0.05, 0.1) is 5.69 Å². The van der Waals surface area contributed by atoms with Crippen LogP contribution in [0.25, 0.3) is 0 Å². The Morgan fingerprint density at radius 3 is 2.35 bits per heavy atom. The van der Waals surface area contributed by atoms with Gasteiger partial charge in [0, 0.05) is 45.2 Å². The van der Waals surface area contributed by atoms with Gasteiger partial charge in [-0.15, -0.1) is 0 Å². The Bertz CT molecular complexity index is 535. The third-order valence-corrected chi connectivity index (χ3v) is 5.17. The predicted octanol–water partition coefficient (Wildman–Crippen LogP) is 2.21. The maximum absolute atomic E-state index is 13.9. The number of rotatable bonds is 3. The maximum Gasteiger partial charge on any atom is 0.225 e. The standard InChI is InChI=1S/C18H26FN3O/c1-2-20-11-13-22(14-12-20)18(23)15-7-9-21(10-8-15)17-6-4-3-5-16(17)19/h3-6,15H,2,7-14H2,1H3. The van der Waals surface area contributed by atoms with Gasteiger partial charge in [-0.3, -0.25) is 4.79 Å². The highest BCUT2D eigenvalue weighted by atomic mass is 19.1. The highest BCUT2D eigenvalue weighted by molar-refractivity contribution is 5.79. The van der Waals surface area contributed by atoms with E-state index in [-0.39, 0.29) is 11.7 Å². The Morgan fingerprint density at radius 2 is 1.74 bits per heavy atom. The minimum Gasteiger partial charge on any atom is -0.369 e. The van der Waals surface area contributed by atoms with E-state index in [9.17, 15) is 9.18 Å². The van der Waals surface area contributed by atoms with Gasteiger partial charge in [-0.1, -0.05) is 19.1 Å². The number of benzene rings is 1. The number of nitrogens with zero attached hydrogens (tertiary/aromatic N) is 3. The lowest BCUT2D eigenvalue weighted by Gasteiger charge is -2.38. The zero-order chi connectivity index (χ0) is 16.2. The maximum atomic E-state index is 13.9. The molecular weight excluding hydrogens is 293 g/mol. The zero-order valence-electron chi connectivity index (χ0n) is 13.9. The predicted molar refractivity (Wildman–Crippen MR) is 90.0 cm³/mol. The molecular formula is C18H26FN3O. The molecule has 1 aromatic carbocycles. The number of hydrogen-bond donors (Lipinski definition) is 0. The van der Waals surface area contributed by atoms with Gasteiger partial charge in [0.2, 0.25) is 5.91 Å². The minimum atomic E-state index is -0.173. The third kappa shape index (κ3) is 3.66. The number of piperazine rings is 1. The number of halogens is 1. The first-order valence-corrected chi connectivity index (χ1v) is 8.69. The first-order valence-electron chi connectivity index (χ1n) is 8.69. The van der Waals surface area contributed by atoms with Crippen LogP contribution in [0.2, 0.25) is 0 Å². The molecule has 23 heavy (non-hydrogen) atoms. The SMILES string of the molecule is CCN1CCN(C(=O)C2CCN(c3ccccc3F)CC2)CC1. The summed E-state index contributed by atoms with van der Waals surface area (Å²) in [5.74, 6) is 0.230. The number of para-hydroxylation sites is 1. The van der Waals surface area contributed by atoms with Crippen molar-refractivity contribution in [2.24, 2.45) is 5.92 Å². The minimum absolute atomic E-state index is 0.103. The van der Waals surface area contributed by atoms with Crippen LogP contribution in [0, 0.1) is 11.7 Å². The van der Waals surface area contributed by atoms with Crippen molar-refractivity contribution in [2.75, 3.05) is 50.7 Å². The summed E-state index contributed by atoms with van der Waals surface area (Å²) in [5, 5.41) is 0. The molecule has 0 unspecified atom stereocenters. The van der Waals surface area contributed by atoms with Crippen LogP contribution in [0.4, 0.5) is 10.1 Å². The van der Waals surface area contributed by atoms with Crippen LogP contribution in [-0.2, 0) is 4.79 Å². The molecule has 0 radical (unpaired) electrons. The van der Waals surface area contributed by atoms with E-state index in [4.69, 9.17) is 0 Å². The highest BCUT2D eigenvalue weighted by Gasteiger charge is 2.30. The van der Waals surface area contributed by atoms with Gasteiger partial charge >= 0.3 is 0 Å². The number of anilines is 1. The molecule has 0 spiro atoms. The van der Waals surface area contributed by atoms with Gasteiger partial charge in [0.15, 0.2) is 0 Å². The van der Waals surface area contributed by atoms with Gasteiger partial charge < -0.3 is 14.7 Å². The summed E-state index contributed by atoms with van der Waals surface area (Å²) in [6, 6.07) is 6.90. The molecule has 0 N–H and O–H groups in total. The lowest BCUT2D eigenvalue weighted by molar-refractivity contribution is -0.137. The van der Waals surface area contributed by atoms with Gasteiger partial charge in [0.1, 0.15) is 5.82 Å². The summed E-state index contributed by atoms with van der Waals surface area (Å²) in [6.45, 7) is 8.39. The van der Waals surface area contributed by atoms with Crippen LogP contribution in [0.3, 0.4) is 0 Å². The van der Waals surface area contributed by atoms with Gasteiger partial charge in [-0.25, -0.2) is 4.39 Å². The Kier molecular flexibility index (Phi) is 5.16. The summed E-state index contributed by atoms with van der Waals surface area (Å²) in [6.07, 6.45) is 1.64. The topological polar surface area (TPSA) is 26.8 Å². The lowest BCUT2D eigenvalue weighted by atomic mass is 9.94. The second-order valence-corrected chi connectivity index (χ2v) is 6.47. The van der Waals surface area contributed by atoms with E-state index in [0.29, 0.717) is 11.6 Å². The average Bonchev–Trinajstić information content (AvgIpc) is 2.62. The molecule has 5 heteroatoms. The molecule has 1 aromatic rings. The summed E-state index contributed by atoms with van der Waals surface area (Å²) in [7, 11) is 0. The van der Waals surface area contributed by atoms with Crippen molar-refractivity contribution >= 4 is 11.6 Å². The van der Waals surface area contributed by atoms with Crippen molar-refractivity contribution in [1.29, 1.82) is 0 Å². The van der Waals surface area contributed by atoms with Gasteiger partial charge in [-0.2, -0.15) is 0 Å². The fourth-order valence-electron chi connectivity index (χ4n) is 3.62. The molecule has 0 bridgehead atoms. The van der Waals surface area contributed by atoms with Crippen LogP contribution in [0.1, 0.15) is 19.8 Å². The van der Waals surface area contributed by atoms with E-state index in [1.165, 1.54) is 6.07 Å². The number of carbonyl (C=O) groups excluding carboxylic acids is 1. The molecule has 126 valence electrons. The quantitative estimate of drug-likeness (QED) is 0.855. The number of hydrogen-bond acceptors (Lipinski definition) is 3. The number of carbonyl (C=O) groups is 1. The summed E-state index contributed by atoms with van der Waals surface area (Å²) >= 11 is 0. The monoisotopic (exact) mass is 319 g/mol. The zero-order valence-corrected chi connectivity index (χ0v) is 13.9. The van der Waals surface area contributed by atoms with Crippen LogP contribution in [0.5, 0.6) is 0 Å². The fraction of sp³-hybridized carbons (Fsp3) is 0.611. The molecule has 2 aliphatic rings. The molecule has 4 nitrogen and oxygen atoms in total. The van der Waals surface area contributed by atoms with E-state index < -0.39 is 0 Å². The van der Waals surface area contributed by atoms with Crippen molar-refractivity contribution < 1.29 is 9.18 Å². The second-order valence-electron chi connectivity index (χ2n) is 6.47. The molecule has 0 aliphatic carbocycles. The van der Waals surface area contributed by atoms with Crippen LogP contribution >= 0.6 is 0 Å². The lowest BCUT2D eigenvalue weighted by Crippen LogP contribution is -2.51. The van der Waals surface area contributed by atoms with Crippen molar-refractivity contribution in [3.8, 4) is 0 Å². The number of piperidine rings is 1. The highest BCUT2D eigenvalue weighted by Crippen LogP contribution is 2.26. The summed E-state index contributed by atoms with van der Waals surface area (Å²) < 4.78 is 13.9. The normalized spacial score (nSPS) is 20.8. The molecule has 3 rings (SSSR count). The van der Waals surface area contributed by atoms with Crippen molar-refractivity contribution in [3.63, 3.8) is 0 Å². The number of amides is 1.